The van der Waals surface area contributed by atoms with Gasteiger partial charge in [0, 0.05) is 26.8 Å². The maximum Gasteiger partial charge on any atom is 0.0462 e. The summed E-state index contributed by atoms with van der Waals surface area (Å²) in [4.78, 5) is 2.47. The average Bonchev–Trinajstić information content (AvgIpc) is 2.71. The Morgan fingerprint density at radius 2 is 2.00 bits per heavy atom. The van der Waals surface area contributed by atoms with Crippen LogP contribution in [0.1, 0.15) is 19.3 Å². The fraction of sp³-hybridized carbons (Fsp3) is 1.00. The number of hydrogen-bond donors (Lipinski definition) is 0. The first-order valence-electron chi connectivity index (χ1n) is 4.15. The van der Waals surface area contributed by atoms with E-state index in [1.165, 1.54) is 38.9 Å². The topological polar surface area (TPSA) is 12.2 Å². The second kappa shape index (κ2) is 4.69. The second-order valence-electron chi connectivity index (χ2n) is 2.90. The van der Waals surface area contributed by atoms with E-state index in [0.717, 1.165) is 6.61 Å². The minimum absolute atomic E-state index is 0.931. The molecular formula is C8H17NO. The Kier molecular flexibility index (Phi) is 3.76. The van der Waals surface area contributed by atoms with Crippen LogP contribution >= 0.6 is 0 Å². The Labute approximate surface area is 63.2 Å². The van der Waals surface area contributed by atoms with Gasteiger partial charge < -0.3 is 9.64 Å². The number of methoxy groups -OCH3 is 1. The van der Waals surface area contributed by atoms with Gasteiger partial charge in [-0.1, -0.05) is 0 Å². The molecule has 1 rings (SSSR count). The summed E-state index contributed by atoms with van der Waals surface area (Å²) in [5, 5.41) is 0. The van der Waals surface area contributed by atoms with Crippen LogP contribution in [0.3, 0.4) is 0 Å². The smallest absolute Gasteiger partial charge is 0.0462 e. The Morgan fingerprint density at radius 3 is 2.60 bits per heavy atom. The van der Waals surface area contributed by atoms with Gasteiger partial charge in [0.25, 0.3) is 0 Å². The molecule has 1 aliphatic rings. The summed E-state index contributed by atoms with van der Waals surface area (Å²) in [6, 6.07) is 0. The van der Waals surface area contributed by atoms with Gasteiger partial charge in [0.1, 0.15) is 0 Å². The molecule has 0 spiro atoms. The van der Waals surface area contributed by atoms with Crippen LogP contribution in [0.25, 0.3) is 0 Å². The molecule has 0 atom stereocenters. The van der Waals surface area contributed by atoms with Crippen LogP contribution in [0.2, 0.25) is 0 Å². The summed E-state index contributed by atoms with van der Waals surface area (Å²) in [5.41, 5.74) is 0. The summed E-state index contributed by atoms with van der Waals surface area (Å²) in [6.45, 7) is 4.91. The first-order chi connectivity index (χ1) is 4.93. The van der Waals surface area contributed by atoms with Crippen LogP contribution in [0, 0.1) is 0 Å². The highest BCUT2D eigenvalue weighted by Crippen LogP contribution is 2.06. The van der Waals surface area contributed by atoms with Crippen LogP contribution < -0.4 is 0 Å². The molecule has 0 aromatic heterocycles. The number of rotatable bonds is 6. The minimum atomic E-state index is 0.931. The standard InChI is InChI=1S/C8H17NO/c1-10-8-4-2-3-5-9-6-7-9/h2-8H2,1H3. The molecule has 1 heterocycles. The van der Waals surface area contributed by atoms with Gasteiger partial charge >= 0.3 is 0 Å². The van der Waals surface area contributed by atoms with E-state index < -0.39 is 0 Å². The van der Waals surface area contributed by atoms with Crippen molar-refractivity contribution in [2.75, 3.05) is 33.4 Å². The number of unbranched alkanes of at least 4 members (excludes halogenated alkanes) is 2. The molecule has 0 aromatic rings. The Morgan fingerprint density at radius 1 is 1.20 bits per heavy atom. The van der Waals surface area contributed by atoms with Crippen molar-refractivity contribution >= 4 is 0 Å². The van der Waals surface area contributed by atoms with Gasteiger partial charge in [0.15, 0.2) is 0 Å². The van der Waals surface area contributed by atoms with Crippen LogP contribution in [0.5, 0.6) is 0 Å². The fourth-order valence-electron chi connectivity index (χ4n) is 1.05. The lowest BCUT2D eigenvalue weighted by Crippen LogP contribution is -1.99. The highest BCUT2D eigenvalue weighted by Gasteiger charge is 2.14. The zero-order valence-corrected chi connectivity index (χ0v) is 6.81. The van der Waals surface area contributed by atoms with Gasteiger partial charge in [-0.25, -0.2) is 0 Å². The molecule has 0 aromatic carbocycles. The van der Waals surface area contributed by atoms with Crippen LogP contribution in [-0.2, 0) is 4.74 Å². The lowest BCUT2D eigenvalue weighted by Gasteiger charge is -1.99. The molecule has 0 saturated carbocycles. The highest BCUT2D eigenvalue weighted by molar-refractivity contribution is 4.71. The van der Waals surface area contributed by atoms with Crippen LogP contribution in [-0.4, -0.2) is 38.3 Å². The maximum absolute atomic E-state index is 4.95. The predicted molar refractivity (Wildman–Crippen MR) is 42.2 cm³/mol. The van der Waals surface area contributed by atoms with Crippen LogP contribution in [0.15, 0.2) is 0 Å². The summed E-state index contributed by atoms with van der Waals surface area (Å²) in [7, 11) is 1.77. The maximum atomic E-state index is 4.95. The second-order valence-corrected chi connectivity index (χ2v) is 2.90. The molecule has 0 bridgehead atoms. The summed E-state index contributed by atoms with van der Waals surface area (Å²) >= 11 is 0. The Bertz CT molecular complexity index is 81.3. The van der Waals surface area contributed by atoms with E-state index in [-0.39, 0.29) is 0 Å². The molecule has 0 aliphatic carbocycles. The van der Waals surface area contributed by atoms with Gasteiger partial charge in [-0.3, -0.25) is 0 Å². The van der Waals surface area contributed by atoms with Gasteiger partial charge in [-0.15, -0.1) is 0 Å². The van der Waals surface area contributed by atoms with Gasteiger partial charge in [-0.2, -0.15) is 0 Å². The molecule has 2 nitrogen and oxygen atoms in total. The van der Waals surface area contributed by atoms with Crippen molar-refractivity contribution in [3.05, 3.63) is 0 Å². The van der Waals surface area contributed by atoms with E-state index in [0.29, 0.717) is 0 Å². The molecule has 60 valence electrons. The monoisotopic (exact) mass is 143 g/mol. The third-order valence-corrected chi connectivity index (χ3v) is 1.86. The van der Waals surface area contributed by atoms with E-state index in [2.05, 4.69) is 4.90 Å². The number of nitrogens with zero attached hydrogens (tertiary/aromatic N) is 1. The van der Waals surface area contributed by atoms with Gasteiger partial charge in [0.2, 0.25) is 0 Å². The largest absolute Gasteiger partial charge is 0.385 e. The third-order valence-electron chi connectivity index (χ3n) is 1.86. The fourth-order valence-corrected chi connectivity index (χ4v) is 1.05. The van der Waals surface area contributed by atoms with E-state index in [1.807, 2.05) is 0 Å². The minimum Gasteiger partial charge on any atom is -0.385 e. The molecule has 1 aliphatic heterocycles. The highest BCUT2D eigenvalue weighted by atomic mass is 16.5. The molecule has 0 unspecified atom stereocenters. The van der Waals surface area contributed by atoms with Crippen molar-refractivity contribution in [2.45, 2.75) is 19.3 Å². The Balaban J connectivity index is 1.68. The van der Waals surface area contributed by atoms with E-state index >= 15 is 0 Å². The normalized spacial score (nSPS) is 17.7. The Hall–Kier alpha value is -0.0800. The first-order valence-corrected chi connectivity index (χ1v) is 4.15. The lowest BCUT2D eigenvalue weighted by molar-refractivity contribution is 0.191. The van der Waals surface area contributed by atoms with Crippen LogP contribution in [0.4, 0.5) is 0 Å². The SMILES string of the molecule is COCCCCCN1CC1. The third kappa shape index (κ3) is 3.85. The molecule has 0 radical (unpaired) electrons. The zero-order valence-electron chi connectivity index (χ0n) is 6.81. The summed E-state index contributed by atoms with van der Waals surface area (Å²) < 4.78 is 4.95. The predicted octanol–water partition coefficient (Wildman–Crippen LogP) is 1.12. The molecule has 0 amide bonds. The lowest BCUT2D eigenvalue weighted by atomic mass is 10.2. The molecule has 1 saturated heterocycles. The van der Waals surface area contributed by atoms with Crippen molar-refractivity contribution in [2.24, 2.45) is 0 Å². The van der Waals surface area contributed by atoms with E-state index in [1.54, 1.807) is 7.11 Å². The summed E-state index contributed by atoms with van der Waals surface area (Å²) in [6.07, 6.45) is 3.90. The molecule has 0 N–H and O–H groups in total. The molecular weight excluding hydrogens is 126 g/mol. The van der Waals surface area contributed by atoms with E-state index in [4.69, 9.17) is 4.74 Å². The first kappa shape index (κ1) is 8.02. The van der Waals surface area contributed by atoms with Crippen molar-refractivity contribution in [1.29, 1.82) is 0 Å². The van der Waals surface area contributed by atoms with E-state index in [9.17, 15) is 0 Å². The van der Waals surface area contributed by atoms with Crippen molar-refractivity contribution in [1.82, 2.24) is 4.90 Å². The van der Waals surface area contributed by atoms with Gasteiger partial charge in [-0.05, 0) is 25.8 Å². The number of ether oxygens (including phenoxy) is 1. The summed E-state index contributed by atoms with van der Waals surface area (Å²) in [5.74, 6) is 0. The molecule has 2 heteroatoms. The van der Waals surface area contributed by atoms with Crippen molar-refractivity contribution in [3.8, 4) is 0 Å². The number of hydrogen-bond acceptors (Lipinski definition) is 2. The van der Waals surface area contributed by atoms with Crippen molar-refractivity contribution in [3.63, 3.8) is 0 Å². The van der Waals surface area contributed by atoms with Crippen molar-refractivity contribution < 1.29 is 4.74 Å². The average molecular weight is 143 g/mol. The zero-order chi connectivity index (χ0) is 7.23. The van der Waals surface area contributed by atoms with Gasteiger partial charge in [0.05, 0.1) is 0 Å². The quantitative estimate of drug-likeness (QED) is 0.408. The molecule has 10 heavy (non-hydrogen) atoms. The molecule has 1 fully saturated rings.